The molecule has 2 aromatic rings. The van der Waals surface area contributed by atoms with Crippen molar-refractivity contribution in [2.75, 3.05) is 13.2 Å². The third-order valence-electron chi connectivity index (χ3n) is 3.15. The summed E-state index contributed by atoms with van der Waals surface area (Å²) in [6.45, 7) is 6.13. The second-order valence-corrected chi connectivity index (χ2v) is 6.72. The van der Waals surface area contributed by atoms with Crippen molar-refractivity contribution < 1.29 is 17.7 Å². The van der Waals surface area contributed by atoms with Crippen LogP contribution in [0.3, 0.4) is 0 Å². The van der Waals surface area contributed by atoms with Crippen molar-refractivity contribution in [2.45, 2.75) is 38.5 Å². The smallest absolute Gasteiger partial charge is 0.244 e. The van der Waals surface area contributed by atoms with E-state index in [9.17, 15) is 8.42 Å². The quantitative estimate of drug-likeness (QED) is 0.789. The third kappa shape index (κ3) is 4.52. The predicted octanol–water partition coefficient (Wildman–Crippen LogP) is 1.86. The van der Waals surface area contributed by atoms with Gasteiger partial charge in [-0.05, 0) is 31.5 Å². The third-order valence-corrected chi connectivity index (χ3v) is 4.63. The Hall–Kier alpha value is -1.93. The predicted molar refractivity (Wildman–Crippen MR) is 84.9 cm³/mol. The van der Waals surface area contributed by atoms with Crippen LogP contribution in [0, 0.1) is 6.92 Å². The van der Waals surface area contributed by atoms with Crippen LogP contribution in [-0.2, 0) is 22.9 Å². The summed E-state index contributed by atoms with van der Waals surface area (Å²) >= 11 is 0. The van der Waals surface area contributed by atoms with Gasteiger partial charge in [0.25, 0.3) is 0 Å². The molecule has 0 aliphatic carbocycles. The lowest BCUT2D eigenvalue weighted by Gasteiger charge is -2.12. The molecule has 0 bridgehead atoms. The standard InChI is InChI=1S/C15H21N3O4S/c1-4-14-17-15(22-18-14)8-9-16-23(19,20)13-10-11(3)6-7-12(13)21-5-2/h6-7,10,16H,4-5,8-9H2,1-3H3. The maximum Gasteiger partial charge on any atom is 0.244 e. The highest BCUT2D eigenvalue weighted by Crippen LogP contribution is 2.24. The zero-order valence-corrected chi connectivity index (χ0v) is 14.3. The van der Waals surface area contributed by atoms with Gasteiger partial charge in [0.2, 0.25) is 15.9 Å². The SMILES string of the molecule is CCOc1ccc(C)cc1S(=O)(=O)NCCc1nc(CC)no1. The fourth-order valence-electron chi connectivity index (χ4n) is 2.01. The summed E-state index contributed by atoms with van der Waals surface area (Å²) in [5.74, 6) is 1.37. The second kappa shape index (κ2) is 7.56. The summed E-state index contributed by atoms with van der Waals surface area (Å²) < 4.78 is 37.9. The van der Waals surface area contributed by atoms with Crippen molar-refractivity contribution >= 4 is 10.0 Å². The van der Waals surface area contributed by atoms with Crippen LogP contribution in [0.2, 0.25) is 0 Å². The molecule has 0 aliphatic heterocycles. The molecular weight excluding hydrogens is 318 g/mol. The van der Waals surface area contributed by atoms with Gasteiger partial charge in [0.15, 0.2) is 5.82 Å². The first kappa shape index (κ1) is 17.4. The molecule has 8 heteroatoms. The van der Waals surface area contributed by atoms with Crippen LogP contribution < -0.4 is 9.46 Å². The van der Waals surface area contributed by atoms with Crippen molar-refractivity contribution in [1.29, 1.82) is 0 Å². The molecule has 0 saturated carbocycles. The molecule has 0 amide bonds. The number of hydrogen-bond donors (Lipinski definition) is 1. The molecule has 1 aromatic carbocycles. The Morgan fingerprint density at radius 2 is 2.09 bits per heavy atom. The number of ether oxygens (including phenoxy) is 1. The highest BCUT2D eigenvalue weighted by molar-refractivity contribution is 7.89. The van der Waals surface area contributed by atoms with E-state index in [4.69, 9.17) is 9.26 Å². The van der Waals surface area contributed by atoms with E-state index < -0.39 is 10.0 Å². The molecule has 0 unspecified atom stereocenters. The highest BCUT2D eigenvalue weighted by atomic mass is 32.2. The largest absolute Gasteiger partial charge is 0.492 e. The fraction of sp³-hybridized carbons (Fsp3) is 0.467. The van der Waals surface area contributed by atoms with Crippen LogP contribution in [0.4, 0.5) is 0 Å². The number of aryl methyl sites for hydroxylation is 2. The molecule has 1 aromatic heterocycles. The number of nitrogens with one attached hydrogen (secondary N) is 1. The number of nitrogens with zero attached hydrogens (tertiary/aromatic N) is 2. The normalized spacial score (nSPS) is 11.6. The minimum absolute atomic E-state index is 0.138. The molecular formula is C15H21N3O4S. The summed E-state index contributed by atoms with van der Waals surface area (Å²) in [5.41, 5.74) is 0.846. The molecule has 1 N–H and O–H groups in total. The number of benzene rings is 1. The Balaban J connectivity index is 2.07. The highest BCUT2D eigenvalue weighted by Gasteiger charge is 2.20. The molecule has 1 heterocycles. The fourth-order valence-corrected chi connectivity index (χ4v) is 3.26. The van der Waals surface area contributed by atoms with Gasteiger partial charge in [0, 0.05) is 19.4 Å². The van der Waals surface area contributed by atoms with E-state index in [0.717, 1.165) is 5.56 Å². The van der Waals surface area contributed by atoms with E-state index in [2.05, 4.69) is 14.9 Å². The van der Waals surface area contributed by atoms with Crippen molar-refractivity contribution in [1.82, 2.24) is 14.9 Å². The Labute approximate surface area is 136 Å². The number of sulfonamides is 1. The van der Waals surface area contributed by atoms with Crippen molar-refractivity contribution in [3.8, 4) is 5.75 Å². The van der Waals surface area contributed by atoms with Gasteiger partial charge in [-0.15, -0.1) is 0 Å². The maximum atomic E-state index is 12.5. The van der Waals surface area contributed by atoms with Crippen LogP contribution in [0.15, 0.2) is 27.6 Å². The van der Waals surface area contributed by atoms with E-state index in [0.29, 0.717) is 36.9 Å². The van der Waals surface area contributed by atoms with Crippen LogP contribution in [0.25, 0.3) is 0 Å². The summed E-state index contributed by atoms with van der Waals surface area (Å²) in [5, 5.41) is 3.77. The molecule has 0 saturated heterocycles. The van der Waals surface area contributed by atoms with Crippen molar-refractivity contribution in [3.05, 3.63) is 35.5 Å². The van der Waals surface area contributed by atoms with Gasteiger partial charge in [-0.25, -0.2) is 13.1 Å². The minimum atomic E-state index is -3.67. The lowest BCUT2D eigenvalue weighted by atomic mass is 10.2. The zero-order chi connectivity index (χ0) is 16.9. The van der Waals surface area contributed by atoms with Gasteiger partial charge >= 0.3 is 0 Å². The summed E-state index contributed by atoms with van der Waals surface area (Å²) in [4.78, 5) is 4.28. The molecule has 2 rings (SSSR count). The van der Waals surface area contributed by atoms with Gasteiger partial charge in [-0.1, -0.05) is 18.1 Å². The minimum Gasteiger partial charge on any atom is -0.492 e. The molecule has 23 heavy (non-hydrogen) atoms. The Bertz CT molecular complexity index is 756. The lowest BCUT2D eigenvalue weighted by Crippen LogP contribution is -2.26. The van der Waals surface area contributed by atoms with Gasteiger partial charge in [-0.2, -0.15) is 4.98 Å². The molecule has 0 fully saturated rings. The van der Waals surface area contributed by atoms with Crippen LogP contribution >= 0.6 is 0 Å². The van der Waals surface area contributed by atoms with Gasteiger partial charge < -0.3 is 9.26 Å². The van der Waals surface area contributed by atoms with Gasteiger partial charge in [-0.3, -0.25) is 0 Å². The topological polar surface area (TPSA) is 94.3 Å². The zero-order valence-electron chi connectivity index (χ0n) is 13.5. The van der Waals surface area contributed by atoms with Gasteiger partial charge in [0.05, 0.1) is 6.61 Å². The van der Waals surface area contributed by atoms with E-state index in [1.54, 1.807) is 12.1 Å². The van der Waals surface area contributed by atoms with Crippen molar-refractivity contribution in [3.63, 3.8) is 0 Å². The summed E-state index contributed by atoms with van der Waals surface area (Å²) in [7, 11) is -3.67. The second-order valence-electron chi connectivity index (χ2n) is 4.99. The summed E-state index contributed by atoms with van der Waals surface area (Å²) in [6.07, 6.45) is 1.01. The van der Waals surface area contributed by atoms with E-state index in [1.807, 2.05) is 26.8 Å². The van der Waals surface area contributed by atoms with Crippen molar-refractivity contribution in [2.24, 2.45) is 0 Å². The van der Waals surface area contributed by atoms with Gasteiger partial charge in [0.1, 0.15) is 10.6 Å². The number of hydrogen-bond acceptors (Lipinski definition) is 6. The Kier molecular flexibility index (Phi) is 5.73. The molecule has 0 spiro atoms. The van der Waals surface area contributed by atoms with E-state index in [1.165, 1.54) is 0 Å². The number of rotatable bonds is 8. The molecule has 126 valence electrons. The maximum absolute atomic E-state index is 12.5. The van der Waals surface area contributed by atoms with Crippen LogP contribution in [0.1, 0.15) is 31.1 Å². The monoisotopic (exact) mass is 339 g/mol. The van der Waals surface area contributed by atoms with E-state index in [-0.39, 0.29) is 11.4 Å². The van der Waals surface area contributed by atoms with Crippen LogP contribution in [0.5, 0.6) is 5.75 Å². The average Bonchev–Trinajstić information content (AvgIpc) is 2.97. The summed E-state index contributed by atoms with van der Waals surface area (Å²) in [6, 6.07) is 5.07. The van der Waals surface area contributed by atoms with E-state index >= 15 is 0 Å². The Morgan fingerprint density at radius 3 is 2.74 bits per heavy atom. The first-order valence-corrected chi connectivity index (χ1v) is 8.99. The molecule has 0 radical (unpaired) electrons. The average molecular weight is 339 g/mol. The Morgan fingerprint density at radius 1 is 1.30 bits per heavy atom. The van der Waals surface area contributed by atoms with Crippen LogP contribution in [-0.4, -0.2) is 31.7 Å². The number of aromatic nitrogens is 2. The molecule has 7 nitrogen and oxygen atoms in total. The molecule has 0 atom stereocenters. The first-order valence-electron chi connectivity index (χ1n) is 7.50. The first-order chi connectivity index (χ1) is 11.0. The molecule has 0 aliphatic rings. The lowest BCUT2D eigenvalue weighted by molar-refractivity contribution is 0.331.